The summed E-state index contributed by atoms with van der Waals surface area (Å²) < 4.78 is 0. The number of carbonyl (C=O) groups excluding carboxylic acids is 1. The van der Waals surface area contributed by atoms with Crippen LogP contribution in [0.1, 0.15) is 46.0 Å². The van der Waals surface area contributed by atoms with Crippen LogP contribution < -0.4 is 0 Å². The molecule has 0 fully saturated rings. The lowest BCUT2D eigenvalue weighted by Crippen LogP contribution is -1.97. The van der Waals surface area contributed by atoms with Crippen molar-refractivity contribution in [2.45, 2.75) is 51.2 Å². The van der Waals surface area contributed by atoms with Crippen molar-refractivity contribution in [3.8, 4) is 0 Å². The zero-order valence-electron chi connectivity index (χ0n) is 8.47. The van der Waals surface area contributed by atoms with Gasteiger partial charge >= 0.3 is 0 Å². The molecule has 1 unspecified atom stereocenters. The third-order valence-corrected chi connectivity index (χ3v) is 3.29. The number of unbranched alkanes of at least 4 members (excludes halogenated alkanes) is 2. The molecule has 1 aliphatic carbocycles. The fourth-order valence-corrected chi connectivity index (χ4v) is 2.08. The summed E-state index contributed by atoms with van der Waals surface area (Å²) in [4.78, 5) is 11.5. The van der Waals surface area contributed by atoms with Crippen molar-refractivity contribution in [3.05, 3.63) is 11.1 Å². The molecule has 0 bridgehead atoms. The highest BCUT2D eigenvalue weighted by molar-refractivity contribution is 7.81. The van der Waals surface area contributed by atoms with Gasteiger partial charge in [-0.1, -0.05) is 25.3 Å². The minimum Gasteiger partial charge on any atom is -0.295 e. The van der Waals surface area contributed by atoms with Crippen LogP contribution in [0.15, 0.2) is 11.1 Å². The second-order valence-electron chi connectivity index (χ2n) is 3.76. The van der Waals surface area contributed by atoms with Gasteiger partial charge in [0.05, 0.1) is 0 Å². The van der Waals surface area contributed by atoms with Crippen molar-refractivity contribution in [2.75, 3.05) is 0 Å². The van der Waals surface area contributed by atoms with Crippen LogP contribution in [0.25, 0.3) is 0 Å². The highest BCUT2D eigenvalue weighted by Gasteiger charge is 2.25. The monoisotopic (exact) mass is 198 g/mol. The van der Waals surface area contributed by atoms with Crippen LogP contribution in [0, 0.1) is 0 Å². The molecule has 0 aliphatic heterocycles. The predicted octanol–water partition coefficient (Wildman–Crippen LogP) is 3.15. The molecule has 0 aromatic heterocycles. The van der Waals surface area contributed by atoms with Gasteiger partial charge in [-0.15, -0.1) is 0 Å². The first-order valence-electron chi connectivity index (χ1n) is 5.07. The molecule has 0 amide bonds. The van der Waals surface area contributed by atoms with Gasteiger partial charge < -0.3 is 0 Å². The molecule has 0 heterocycles. The molecule has 0 saturated heterocycles. The Morgan fingerprint density at radius 1 is 1.46 bits per heavy atom. The van der Waals surface area contributed by atoms with Gasteiger partial charge in [0.15, 0.2) is 5.78 Å². The standard InChI is InChI=1S/C11H18OS/c1-3-4-5-6-9-8(2)11(13)7-10(9)12/h11,13H,3-7H2,1-2H3. The van der Waals surface area contributed by atoms with E-state index in [4.69, 9.17) is 0 Å². The smallest absolute Gasteiger partial charge is 0.160 e. The van der Waals surface area contributed by atoms with Crippen LogP contribution >= 0.6 is 12.6 Å². The van der Waals surface area contributed by atoms with Crippen LogP contribution in [-0.4, -0.2) is 11.0 Å². The second kappa shape index (κ2) is 4.85. The van der Waals surface area contributed by atoms with Gasteiger partial charge in [0.25, 0.3) is 0 Å². The summed E-state index contributed by atoms with van der Waals surface area (Å²) in [7, 11) is 0. The Balaban J connectivity index is 2.51. The van der Waals surface area contributed by atoms with Gasteiger partial charge in [0, 0.05) is 11.7 Å². The molecule has 74 valence electrons. The van der Waals surface area contributed by atoms with Crippen molar-refractivity contribution < 1.29 is 4.79 Å². The summed E-state index contributed by atoms with van der Waals surface area (Å²) in [6.45, 7) is 4.23. The average Bonchev–Trinajstić information content (AvgIpc) is 2.32. The van der Waals surface area contributed by atoms with Crippen LogP contribution in [0.4, 0.5) is 0 Å². The van der Waals surface area contributed by atoms with Crippen molar-refractivity contribution in [3.63, 3.8) is 0 Å². The fraction of sp³-hybridized carbons (Fsp3) is 0.727. The van der Waals surface area contributed by atoms with E-state index in [0.29, 0.717) is 12.2 Å². The lowest BCUT2D eigenvalue weighted by molar-refractivity contribution is -0.115. The number of allylic oxidation sites excluding steroid dienone is 1. The minimum absolute atomic E-state index is 0.198. The molecule has 1 nitrogen and oxygen atoms in total. The van der Waals surface area contributed by atoms with Crippen LogP contribution in [0.5, 0.6) is 0 Å². The quantitative estimate of drug-likeness (QED) is 0.542. The predicted molar refractivity (Wildman–Crippen MR) is 59.2 cm³/mol. The average molecular weight is 198 g/mol. The zero-order chi connectivity index (χ0) is 9.84. The molecule has 0 radical (unpaired) electrons. The topological polar surface area (TPSA) is 17.1 Å². The number of hydrogen-bond acceptors (Lipinski definition) is 2. The molecule has 1 aliphatic rings. The third-order valence-electron chi connectivity index (χ3n) is 2.72. The van der Waals surface area contributed by atoms with E-state index in [-0.39, 0.29) is 5.25 Å². The van der Waals surface area contributed by atoms with Crippen molar-refractivity contribution in [1.29, 1.82) is 0 Å². The van der Waals surface area contributed by atoms with Crippen molar-refractivity contribution >= 4 is 18.4 Å². The molecule has 2 heteroatoms. The minimum atomic E-state index is 0.198. The molecule has 0 saturated carbocycles. The van der Waals surface area contributed by atoms with E-state index in [1.165, 1.54) is 18.4 Å². The molecular weight excluding hydrogens is 180 g/mol. The van der Waals surface area contributed by atoms with Crippen LogP contribution in [0.2, 0.25) is 0 Å². The Labute approximate surface area is 86.0 Å². The zero-order valence-corrected chi connectivity index (χ0v) is 9.36. The highest BCUT2D eigenvalue weighted by atomic mass is 32.1. The largest absolute Gasteiger partial charge is 0.295 e. The van der Waals surface area contributed by atoms with Gasteiger partial charge in [0.1, 0.15) is 0 Å². The van der Waals surface area contributed by atoms with Gasteiger partial charge in [-0.2, -0.15) is 12.6 Å². The molecule has 0 N–H and O–H groups in total. The number of ketones is 1. The summed E-state index contributed by atoms with van der Waals surface area (Å²) in [5.74, 6) is 0.327. The maximum absolute atomic E-state index is 11.5. The van der Waals surface area contributed by atoms with Gasteiger partial charge in [-0.3, -0.25) is 4.79 Å². The summed E-state index contributed by atoms with van der Waals surface area (Å²) in [5, 5.41) is 0.198. The molecule has 0 aromatic rings. The molecule has 1 rings (SSSR count). The molecule has 0 spiro atoms. The summed E-state index contributed by atoms with van der Waals surface area (Å²) in [6, 6.07) is 0. The maximum atomic E-state index is 11.5. The first-order valence-corrected chi connectivity index (χ1v) is 5.59. The van der Waals surface area contributed by atoms with Gasteiger partial charge in [-0.25, -0.2) is 0 Å². The third kappa shape index (κ3) is 2.60. The lowest BCUT2D eigenvalue weighted by atomic mass is 10.0. The Kier molecular flexibility index (Phi) is 4.04. The van der Waals surface area contributed by atoms with E-state index in [9.17, 15) is 4.79 Å². The maximum Gasteiger partial charge on any atom is 0.160 e. The molecule has 13 heavy (non-hydrogen) atoms. The summed E-state index contributed by atoms with van der Waals surface area (Å²) in [6.07, 6.45) is 5.17. The molecule has 0 aromatic carbocycles. The summed E-state index contributed by atoms with van der Waals surface area (Å²) >= 11 is 4.37. The van der Waals surface area contributed by atoms with E-state index in [1.807, 2.05) is 6.92 Å². The number of thiol groups is 1. The van der Waals surface area contributed by atoms with E-state index < -0.39 is 0 Å². The number of hydrogen-bond donors (Lipinski definition) is 1. The first kappa shape index (κ1) is 10.8. The fourth-order valence-electron chi connectivity index (χ4n) is 1.76. The Morgan fingerprint density at radius 2 is 2.15 bits per heavy atom. The van der Waals surface area contributed by atoms with E-state index in [0.717, 1.165) is 18.4 Å². The normalized spacial score (nSPS) is 23.0. The van der Waals surface area contributed by atoms with E-state index in [2.05, 4.69) is 19.6 Å². The number of rotatable bonds is 4. The van der Waals surface area contributed by atoms with Gasteiger partial charge in [-0.05, 0) is 25.3 Å². The molecular formula is C11H18OS. The second-order valence-corrected chi connectivity index (χ2v) is 4.39. The number of Topliss-reactive ketones (excluding diaryl/α,β-unsaturated/α-hetero) is 1. The van der Waals surface area contributed by atoms with E-state index >= 15 is 0 Å². The Morgan fingerprint density at radius 3 is 2.62 bits per heavy atom. The highest BCUT2D eigenvalue weighted by Crippen LogP contribution is 2.30. The first-order chi connectivity index (χ1) is 6.16. The Bertz CT molecular complexity index is 230. The summed E-state index contributed by atoms with van der Waals surface area (Å²) in [5.41, 5.74) is 2.28. The van der Waals surface area contributed by atoms with Crippen molar-refractivity contribution in [1.82, 2.24) is 0 Å². The number of carbonyl (C=O) groups is 1. The van der Waals surface area contributed by atoms with Crippen LogP contribution in [0.3, 0.4) is 0 Å². The van der Waals surface area contributed by atoms with Crippen LogP contribution in [-0.2, 0) is 4.79 Å². The van der Waals surface area contributed by atoms with E-state index in [1.54, 1.807) is 0 Å². The molecule has 1 atom stereocenters. The Hall–Kier alpha value is -0.240. The van der Waals surface area contributed by atoms with Gasteiger partial charge in [0.2, 0.25) is 0 Å². The van der Waals surface area contributed by atoms with Crippen molar-refractivity contribution in [2.24, 2.45) is 0 Å². The SMILES string of the molecule is CCCCCC1=C(C)C(S)CC1=O. The lowest BCUT2D eigenvalue weighted by Gasteiger charge is -2.02.